The molecule has 3 nitrogen and oxygen atoms in total. The molecule has 1 fully saturated rings. The highest BCUT2D eigenvalue weighted by molar-refractivity contribution is 6.11. The van der Waals surface area contributed by atoms with Gasteiger partial charge in [0, 0.05) is 18.5 Å². The average molecular weight is 252 g/mol. The Hall–Kier alpha value is -2.00. The summed E-state index contributed by atoms with van der Waals surface area (Å²) in [5, 5.41) is 4.65. The van der Waals surface area contributed by atoms with E-state index in [-0.39, 0.29) is 0 Å². The van der Waals surface area contributed by atoms with Gasteiger partial charge in [-0.25, -0.2) is 5.01 Å². The Kier molecular flexibility index (Phi) is 2.45. The summed E-state index contributed by atoms with van der Waals surface area (Å²) in [5.41, 5.74) is 6.58. The molecule has 0 atom stereocenters. The van der Waals surface area contributed by atoms with E-state index in [1.807, 2.05) is 24.3 Å². The molecule has 2 aromatic carbocycles. The zero-order valence-electron chi connectivity index (χ0n) is 10.7. The number of nitrogens with zero attached hydrogens (tertiary/aromatic N) is 1. The predicted molar refractivity (Wildman–Crippen MR) is 78.1 cm³/mol. The van der Waals surface area contributed by atoms with E-state index in [9.17, 15) is 0 Å². The zero-order valence-corrected chi connectivity index (χ0v) is 10.7. The molecule has 0 spiro atoms. The van der Waals surface area contributed by atoms with Crippen LogP contribution in [0.2, 0.25) is 0 Å². The van der Waals surface area contributed by atoms with Crippen molar-refractivity contribution in [1.82, 2.24) is 5.01 Å². The third kappa shape index (κ3) is 1.78. The minimum atomic E-state index is 0.949. The molecule has 0 amide bonds. The van der Waals surface area contributed by atoms with Crippen LogP contribution >= 0.6 is 0 Å². The summed E-state index contributed by atoms with van der Waals surface area (Å²) in [7, 11) is 0. The smallest absolute Gasteiger partial charge is 0.137 e. The van der Waals surface area contributed by atoms with Gasteiger partial charge in [-0.15, -0.1) is 0 Å². The van der Waals surface area contributed by atoms with E-state index in [0.29, 0.717) is 0 Å². The molecule has 2 heterocycles. The van der Waals surface area contributed by atoms with Crippen LogP contribution in [0, 0.1) is 0 Å². The van der Waals surface area contributed by atoms with E-state index in [0.717, 1.165) is 29.9 Å². The summed E-state index contributed by atoms with van der Waals surface area (Å²) in [4.78, 5) is 0. The van der Waals surface area contributed by atoms with E-state index in [1.54, 1.807) is 0 Å². The van der Waals surface area contributed by atoms with Crippen molar-refractivity contribution in [2.24, 2.45) is 0 Å². The number of fused-ring (bicyclic) bond motifs is 3. The third-order valence-electron chi connectivity index (χ3n) is 3.79. The molecule has 0 aliphatic carbocycles. The van der Waals surface area contributed by atoms with Gasteiger partial charge in [-0.05, 0) is 31.0 Å². The molecule has 3 heteroatoms. The standard InChI is InChI=1S/C16H16N2O/c1-2-8-14-12(6-1)16-13(7-5-9-15(16)19-14)17-18-10-3-4-11-18/h1-2,5-9,17H,3-4,10-11H2. The van der Waals surface area contributed by atoms with Gasteiger partial charge in [-0.1, -0.05) is 24.3 Å². The number of hydrazine groups is 1. The number of nitrogens with one attached hydrogen (secondary N) is 1. The van der Waals surface area contributed by atoms with Crippen molar-refractivity contribution in [3.8, 4) is 0 Å². The molecule has 1 saturated heterocycles. The number of hydrogen-bond donors (Lipinski definition) is 1. The van der Waals surface area contributed by atoms with Crippen LogP contribution in [0.25, 0.3) is 21.9 Å². The van der Waals surface area contributed by atoms with E-state index >= 15 is 0 Å². The molecular weight excluding hydrogens is 236 g/mol. The fourth-order valence-electron chi connectivity index (χ4n) is 2.87. The quantitative estimate of drug-likeness (QED) is 0.747. The Labute approximate surface area is 111 Å². The van der Waals surface area contributed by atoms with Crippen LogP contribution in [0.15, 0.2) is 46.9 Å². The lowest BCUT2D eigenvalue weighted by Gasteiger charge is -2.18. The Bertz CT molecular complexity index is 726. The summed E-state index contributed by atoms with van der Waals surface area (Å²) in [6.07, 6.45) is 2.55. The average Bonchev–Trinajstić information content (AvgIpc) is 3.05. The second-order valence-corrected chi connectivity index (χ2v) is 5.08. The molecule has 1 aromatic heterocycles. The predicted octanol–water partition coefficient (Wildman–Crippen LogP) is 4.01. The van der Waals surface area contributed by atoms with Crippen LogP contribution in [0.3, 0.4) is 0 Å². The minimum absolute atomic E-state index is 0.949. The second-order valence-electron chi connectivity index (χ2n) is 5.08. The van der Waals surface area contributed by atoms with Gasteiger partial charge >= 0.3 is 0 Å². The Balaban J connectivity index is 1.89. The monoisotopic (exact) mass is 252 g/mol. The molecule has 0 saturated carbocycles. The highest BCUT2D eigenvalue weighted by Gasteiger charge is 2.15. The molecule has 0 radical (unpaired) electrons. The van der Waals surface area contributed by atoms with Gasteiger partial charge in [0.15, 0.2) is 0 Å². The van der Waals surface area contributed by atoms with Crippen LogP contribution in [0.5, 0.6) is 0 Å². The Morgan fingerprint density at radius 3 is 2.58 bits per heavy atom. The van der Waals surface area contributed by atoms with Crippen molar-refractivity contribution < 1.29 is 4.42 Å². The highest BCUT2D eigenvalue weighted by atomic mass is 16.3. The number of benzene rings is 2. The van der Waals surface area contributed by atoms with Crippen LogP contribution in [0.1, 0.15) is 12.8 Å². The molecular formula is C16H16N2O. The van der Waals surface area contributed by atoms with Gasteiger partial charge in [0.1, 0.15) is 11.2 Å². The highest BCUT2D eigenvalue weighted by Crippen LogP contribution is 2.34. The number of hydrogen-bond acceptors (Lipinski definition) is 3. The lowest BCUT2D eigenvalue weighted by molar-refractivity contribution is 0.411. The summed E-state index contributed by atoms with van der Waals surface area (Å²) < 4.78 is 5.90. The molecule has 96 valence electrons. The maximum absolute atomic E-state index is 5.90. The van der Waals surface area contributed by atoms with Crippen LogP contribution in [-0.2, 0) is 0 Å². The molecule has 1 N–H and O–H groups in total. The van der Waals surface area contributed by atoms with Crippen LogP contribution < -0.4 is 5.43 Å². The fraction of sp³-hybridized carbons (Fsp3) is 0.250. The van der Waals surface area contributed by atoms with E-state index < -0.39 is 0 Å². The maximum atomic E-state index is 5.90. The summed E-state index contributed by atoms with van der Waals surface area (Å²) in [6.45, 7) is 2.23. The first kappa shape index (κ1) is 10.9. The van der Waals surface area contributed by atoms with Gasteiger partial charge in [0.05, 0.1) is 11.1 Å². The third-order valence-corrected chi connectivity index (χ3v) is 3.79. The number of para-hydroxylation sites is 1. The number of furan rings is 1. The molecule has 0 bridgehead atoms. The first-order valence-electron chi connectivity index (χ1n) is 6.84. The minimum Gasteiger partial charge on any atom is -0.456 e. The van der Waals surface area contributed by atoms with E-state index in [4.69, 9.17) is 4.42 Å². The van der Waals surface area contributed by atoms with Gasteiger partial charge in [-0.3, -0.25) is 0 Å². The van der Waals surface area contributed by atoms with Gasteiger partial charge in [0.25, 0.3) is 0 Å². The summed E-state index contributed by atoms with van der Waals surface area (Å²) in [5.74, 6) is 0. The van der Waals surface area contributed by atoms with Crippen molar-refractivity contribution in [2.75, 3.05) is 18.5 Å². The van der Waals surface area contributed by atoms with Gasteiger partial charge in [0.2, 0.25) is 0 Å². The second kappa shape index (κ2) is 4.28. The topological polar surface area (TPSA) is 28.4 Å². The molecule has 0 unspecified atom stereocenters. The molecule has 19 heavy (non-hydrogen) atoms. The van der Waals surface area contributed by atoms with Gasteiger partial charge < -0.3 is 9.84 Å². The largest absolute Gasteiger partial charge is 0.456 e. The van der Waals surface area contributed by atoms with E-state index in [2.05, 4.69) is 28.6 Å². The first-order valence-corrected chi connectivity index (χ1v) is 6.84. The number of rotatable bonds is 2. The van der Waals surface area contributed by atoms with Crippen molar-refractivity contribution in [3.05, 3.63) is 42.5 Å². The van der Waals surface area contributed by atoms with Crippen LogP contribution in [0.4, 0.5) is 5.69 Å². The Morgan fingerprint density at radius 2 is 1.68 bits per heavy atom. The molecule has 4 rings (SSSR count). The van der Waals surface area contributed by atoms with Crippen molar-refractivity contribution in [3.63, 3.8) is 0 Å². The first-order chi connectivity index (χ1) is 9.42. The van der Waals surface area contributed by atoms with Crippen molar-refractivity contribution in [1.29, 1.82) is 0 Å². The zero-order chi connectivity index (χ0) is 12.7. The van der Waals surface area contributed by atoms with Crippen molar-refractivity contribution in [2.45, 2.75) is 12.8 Å². The maximum Gasteiger partial charge on any atom is 0.137 e. The van der Waals surface area contributed by atoms with E-state index in [1.165, 1.54) is 23.6 Å². The summed E-state index contributed by atoms with van der Waals surface area (Å²) in [6, 6.07) is 14.4. The normalized spacial score (nSPS) is 16.4. The summed E-state index contributed by atoms with van der Waals surface area (Å²) >= 11 is 0. The molecule has 1 aliphatic rings. The van der Waals surface area contributed by atoms with Gasteiger partial charge in [-0.2, -0.15) is 0 Å². The molecule has 3 aromatic rings. The SMILES string of the molecule is c1ccc2c(c1)oc1cccc(NN3CCCC3)c12. The van der Waals surface area contributed by atoms with Crippen LogP contribution in [-0.4, -0.2) is 18.1 Å². The number of anilines is 1. The molecule has 1 aliphatic heterocycles. The van der Waals surface area contributed by atoms with Crippen molar-refractivity contribution >= 4 is 27.6 Å². The fourth-order valence-corrected chi connectivity index (χ4v) is 2.87. The lowest BCUT2D eigenvalue weighted by atomic mass is 10.1. The Morgan fingerprint density at radius 1 is 0.895 bits per heavy atom. The lowest BCUT2D eigenvalue weighted by Crippen LogP contribution is -2.26.